The van der Waals surface area contributed by atoms with Gasteiger partial charge in [-0.1, -0.05) is 18.3 Å². The van der Waals surface area contributed by atoms with Gasteiger partial charge in [0.2, 0.25) is 9.47 Å². The summed E-state index contributed by atoms with van der Waals surface area (Å²) in [6.45, 7) is 2.19. The zero-order valence-corrected chi connectivity index (χ0v) is 11.2. The number of nitrogen functional groups attached to an aromatic ring is 1. The van der Waals surface area contributed by atoms with Gasteiger partial charge in [0.1, 0.15) is 0 Å². The molecule has 96 valence electrons. The molecule has 1 saturated carbocycles. The lowest BCUT2D eigenvalue weighted by molar-refractivity contribution is 0.332. The van der Waals surface area contributed by atoms with Crippen molar-refractivity contribution in [1.82, 2.24) is 14.9 Å². The number of sulfonamides is 1. The van der Waals surface area contributed by atoms with E-state index < -0.39 is 10.0 Å². The van der Waals surface area contributed by atoms with Crippen molar-refractivity contribution in [3.05, 3.63) is 0 Å². The first-order chi connectivity index (χ1) is 7.97. The molecule has 0 unspecified atom stereocenters. The van der Waals surface area contributed by atoms with Gasteiger partial charge in [0.25, 0.3) is 10.0 Å². The Morgan fingerprint density at radius 1 is 1.29 bits per heavy atom. The van der Waals surface area contributed by atoms with E-state index >= 15 is 0 Å². The molecule has 17 heavy (non-hydrogen) atoms. The summed E-state index contributed by atoms with van der Waals surface area (Å²) in [5.74, 6) is 0.688. The van der Waals surface area contributed by atoms with E-state index in [1.54, 1.807) is 0 Å². The molecule has 1 aromatic heterocycles. The van der Waals surface area contributed by atoms with Gasteiger partial charge in [0.15, 0.2) is 0 Å². The SMILES string of the molecule is CC1CCC(NS(=O)(=O)c2nnc(N)s2)CC1. The molecule has 8 heteroatoms. The molecule has 3 N–H and O–H groups in total. The Morgan fingerprint density at radius 3 is 2.47 bits per heavy atom. The van der Waals surface area contributed by atoms with E-state index in [9.17, 15) is 8.42 Å². The molecule has 1 fully saturated rings. The van der Waals surface area contributed by atoms with Crippen LogP contribution >= 0.6 is 11.3 Å². The second-order valence-electron chi connectivity index (χ2n) is 4.48. The fourth-order valence-electron chi connectivity index (χ4n) is 1.98. The van der Waals surface area contributed by atoms with Gasteiger partial charge in [-0.15, -0.1) is 10.2 Å². The van der Waals surface area contributed by atoms with Crippen LogP contribution in [0.2, 0.25) is 0 Å². The minimum absolute atomic E-state index is 0.0151. The molecule has 1 aliphatic rings. The predicted molar refractivity (Wildman–Crippen MR) is 66.1 cm³/mol. The Balaban J connectivity index is 2.03. The zero-order chi connectivity index (χ0) is 12.5. The fraction of sp³-hybridized carbons (Fsp3) is 0.778. The normalized spacial score (nSPS) is 25.9. The first kappa shape index (κ1) is 12.7. The van der Waals surface area contributed by atoms with Crippen LogP contribution in [0.15, 0.2) is 4.34 Å². The lowest BCUT2D eigenvalue weighted by Crippen LogP contribution is -2.37. The average Bonchev–Trinajstić information content (AvgIpc) is 2.69. The Bertz CT molecular complexity index is 477. The number of aromatic nitrogens is 2. The topological polar surface area (TPSA) is 98.0 Å². The molecular formula is C9H16N4O2S2. The first-order valence-electron chi connectivity index (χ1n) is 5.58. The van der Waals surface area contributed by atoms with Gasteiger partial charge in [-0.05, 0) is 31.6 Å². The molecule has 1 heterocycles. The molecule has 0 atom stereocenters. The maximum atomic E-state index is 11.9. The molecule has 0 amide bonds. The molecule has 6 nitrogen and oxygen atoms in total. The number of nitrogens with one attached hydrogen (secondary N) is 1. The first-order valence-corrected chi connectivity index (χ1v) is 7.88. The molecular weight excluding hydrogens is 260 g/mol. The summed E-state index contributed by atoms with van der Waals surface area (Å²) in [5.41, 5.74) is 5.38. The molecule has 0 saturated heterocycles. The summed E-state index contributed by atoms with van der Waals surface area (Å²) in [6, 6.07) is 0.0151. The number of hydrogen-bond donors (Lipinski definition) is 2. The number of hydrogen-bond acceptors (Lipinski definition) is 6. The molecule has 1 aliphatic carbocycles. The number of rotatable bonds is 3. The van der Waals surface area contributed by atoms with Crippen molar-refractivity contribution in [2.24, 2.45) is 5.92 Å². The van der Waals surface area contributed by atoms with Crippen LogP contribution in [0.1, 0.15) is 32.6 Å². The smallest absolute Gasteiger partial charge is 0.270 e. The van der Waals surface area contributed by atoms with Crippen molar-refractivity contribution >= 4 is 26.5 Å². The van der Waals surface area contributed by atoms with E-state index in [4.69, 9.17) is 5.73 Å². The summed E-state index contributed by atoms with van der Waals surface area (Å²) in [5, 5.41) is 7.25. The van der Waals surface area contributed by atoms with E-state index in [-0.39, 0.29) is 15.5 Å². The van der Waals surface area contributed by atoms with Crippen LogP contribution in [-0.4, -0.2) is 24.7 Å². The highest BCUT2D eigenvalue weighted by molar-refractivity contribution is 7.91. The summed E-state index contributed by atoms with van der Waals surface area (Å²) >= 11 is 0.889. The average molecular weight is 276 g/mol. The third-order valence-corrected chi connectivity index (χ3v) is 5.63. The highest BCUT2D eigenvalue weighted by atomic mass is 32.2. The van der Waals surface area contributed by atoms with Gasteiger partial charge in [-0.3, -0.25) is 0 Å². The second kappa shape index (κ2) is 4.87. The molecule has 1 aromatic rings. The number of nitrogens with two attached hydrogens (primary N) is 1. The van der Waals surface area contributed by atoms with Gasteiger partial charge in [-0.25, -0.2) is 13.1 Å². The van der Waals surface area contributed by atoms with E-state index in [1.165, 1.54) is 0 Å². The minimum Gasteiger partial charge on any atom is -0.374 e. The lowest BCUT2D eigenvalue weighted by atomic mass is 9.88. The second-order valence-corrected chi connectivity index (χ2v) is 7.38. The van der Waals surface area contributed by atoms with Crippen LogP contribution in [0.4, 0.5) is 5.13 Å². The summed E-state index contributed by atoms with van der Waals surface area (Å²) in [7, 11) is -3.54. The van der Waals surface area contributed by atoms with Crippen molar-refractivity contribution in [2.75, 3.05) is 5.73 Å². The summed E-state index contributed by atoms with van der Waals surface area (Å²) in [6.07, 6.45) is 3.89. The molecule has 0 spiro atoms. The van der Waals surface area contributed by atoms with Crippen molar-refractivity contribution in [1.29, 1.82) is 0 Å². The fourth-order valence-corrected chi connectivity index (χ4v) is 4.08. The van der Waals surface area contributed by atoms with Gasteiger partial charge < -0.3 is 5.73 Å². The number of anilines is 1. The Hall–Kier alpha value is -0.730. The largest absolute Gasteiger partial charge is 0.374 e. The van der Waals surface area contributed by atoms with Gasteiger partial charge in [-0.2, -0.15) is 0 Å². The highest BCUT2D eigenvalue weighted by Gasteiger charge is 2.26. The molecule has 0 bridgehead atoms. The van der Waals surface area contributed by atoms with E-state index in [1.807, 2.05) is 0 Å². The Morgan fingerprint density at radius 2 is 1.94 bits per heavy atom. The van der Waals surface area contributed by atoms with E-state index in [0.717, 1.165) is 37.0 Å². The Labute approximate surface area is 105 Å². The molecule has 2 rings (SSSR count). The maximum Gasteiger partial charge on any atom is 0.270 e. The van der Waals surface area contributed by atoms with Crippen molar-refractivity contribution < 1.29 is 8.42 Å². The van der Waals surface area contributed by atoms with Crippen LogP contribution in [-0.2, 0) is 10.0 Å². The maximum absolute atomic E-state index is 11.9. The third-order valence-electron chi connectivity index (χ3n) is 2.99. The quantitative estimate of drug-likeness (QED) is 0.857. The van der Waals surface area contributed by atoms with Crippen LogP contribution in [0, 0.1) is 5.92 Å². The predicted octanol–water partition coefficient (Wildman–Crippen LogP) is 0.977. The number of nitrogens with zero attached hydrogens (tertiary/aromatic N) is 2. The zero-order valence-electron chi connectivity index (χ0n) is 9.59. The third kappa shape index (κ3) is 3.14. The minimum atomic E-state index is -3.54. The van der Waals surface area contributed by atoms with Crippen LogP contribution in [0.3, 0.4) is 0 Å². The van der Waals surface area contributed by atoms with Gasteiger partial charge in [0.05, 0.1) is 0 Å². The van der Waals surface area contributed by atoms with Crippen LogP contribution < -0.4 is 10.5 Å². The Kier molecular flexibility index (Phi) is 3.64. The monoisotopic (exact) mass is 276 g/mol. The molecule has 0 aliphatic heterocycles. The van der Waals surface area contributed by atoms with Gasteiger partial charge in [0, 0.05) is 6.04 Å². The molecule has 0 radical (unpaired) electrons. The van der Waals surface area contributed by atoms with E-state index in [2.05, 4.69) is 21.8 Å². The van der Waals surface area contributed by atoms with Crippen molar-refractivity contribution in [3.63, 3.8) is 0 Å². The van der Waals surface area contributed by atoms with Crippen molar-refractivity contribution in [2.45, 2.75) is 43.0 Å². The van der Waals surface area contributed by atoms with Gasteiger partial charge >= 0.3 is 0 Å². The summed E-state index contributed by atoms with van der Waals surface area (Å²) in [4.78, 5) is 0. The van der Waals surface area contributed by atoms with Crippen LogP contribution in [0.25, 0.3) is 0 Å². The van der Waals surface area contributed by atoms with Crippen molar-refractivity contribution in [3.8, 4) is 0 Å². The standard InChI is InChI=1S/C9H16N4O2S2/c1-6-2-4-7(5-3-6)13-17(14,15)9-12-11-8(10)16-9/h6-7,13H,2-5H2,1H3,(H2,10,11). The van der Waals surface area contributed by atoms with E-state index in [0.29, 0.717) is 5.92 Å². The van der Waals surface area contributed by atoms with Crippen LogP contribution in [0.5, 0.6) is 0 Å². The molecule has 0 aromatic carbocycles. The highest BCUT2D eigenvalue weighted by Crippen LogP contribution is 2.25. The summed E-state index contributed by atoms with van der Waals surface area (Å²) < 4.78 is 26.5. The lowest BCUT2D eigenvalue weighted by Gasteiger charge is -2.26.